The largest absolute Gasteiger partial charge is 0.443 e. The standard InChI is InChI=1S/C18H29NO3/c1-6-10-15(7-2)19-18(20)22-14(4)17(21-5)16-12-9-8-11-13(16)3/h8-9,11-12,14-15,17H,6-7,10H2,1-5H3,(H,19,20). The number of carbonyl (C=O) groups excluding carboxylic acids is 1. The first-order valence-corrected chi connectivity index (χ1v) is 8.08. The molecule has 124 valence electrons. The monoisotopic (exact) mass is 307 g/mol. The Bertz CT molecular complexity index is 461. The molecule has 1 aromatic rings. The number of ether oxygens (including phenoxy) is 2. The molecule has 4 heteroatoms. The van der Waals surface area contributed by atoms with Crippen molar-refractivity contribution in [2.45, 2.75) is 65.2 Å². The number of hydrogen-bond acceptors (Lipinski definition) is 3. The Morgan fingerprint density at radius 2 is 1.95 bits per heavy atom. The van der Waals surface area contributed by atoms with E-state index in [-0.39, 0.29) is 24.3 Å². The number of benzene rings is 1. The molecule has 0 saturated carbocycles. The zero-order valence-corrected chi connectivity index (χ0v) is 14.4. The van der Waals surface area contributed by atoms with Crippen LogP contribution < -0.4 is 5.32 Å². The van der Waals surface area contributed by atoms with Crippen LogP contribution >= 0.6 is 0 Å². The van der Waals surface area contributed by atoms with Gasteiger partial charge in [-0.2, -0.15) is 0 Å². The van der Waals surface area contributed by atoms with E-state index in [4.69, 9.17) is 9.47 Å². The summed E-state index contributed by atoms with van der Waals surface area (Å²) in [5.41, 5.74) is 2.17. The minimum absolute atomic E-state index is 0.171. The molecule has 0 radical (unpaired) electrons. The highest BCUT2D eigenvalue weighted by Gasteiger charge is 2.24. The lowest BCUT2D eigenvalue weighted by atomic mass is 10.00. The van der Waals surface area contributed by atoms with E-state index in [0.29, 0.717) is 0 Å². The van der Waals surface area contributed by atoms with Crippen LogP contribution in [-0.2, 0) is 9.47 Å². The molecule has 0 aliphatic heterocycles. The van der Waals surface area contributed by atoms with Gasteiger partial charge >= 0.3 is 6.09 Å². The summed E-state index contributed by atoms with van der Waals surface area (Å²) in [5, 5.41) is 2.93. The number of amides is 1. The van der Waals surface area contributed by atoms with Crippen LogP contribution in [0.15, 0.2) is 24.3 Å². The van der Waals surface area contributed by atoms with Gasteiger partial charge in [-0.05, 0) is 37.8 Å². The highest BCUT2D eigenvalue weighted by atomic mass is 16.6. The lowest BCUT2D eigenvalue weighted by Crippen LogP contribution is -2.37. The van der Waals surface area contributed by atoms with E-state index in [2.05, 4.69) is 19.2 Å². The maximum Gasteiger partial charge on any atom is 0.407 e. The van der Waals surface area contributed by atoms with Gasteiger partial charge in [0.1, 0.15) is 12.2 Å². The summed E-state index contributed by atoms with van der Waals surface area (Å²) < 4.78 is 11.1. The molecule has 0 heterocycles. The lowest BCUT2D eigenvalue weighted by Gasteiger charge is -2.25. The van der Waals surface area contributed by atoms with E-state index < -0.39 is 0 Å². The molecule has 1 N–H and O–H groups in total. The Hall–Kier alpha value is -1.55. The van der Waals surface area contributed by atoms with Gasteiger partial charge in [-0.3, -0.25) is 0 Å². The van der Waals surface area contributed by atoms with Crippen molar-refractivity contribution < 1.29 is 14.3 Å². The van der Waals surface area contributed by atoms with Crippen LogP contribution in [-0.4, -0.2) is 25.3 Å². The third-order valence-corrected chi connectivity index (χ3v) is 3.92. The van der Waals surface area contributed by atoms with Crippen LogP contribution in [0, 0.1) is 6.92 Å². The molecule has 0 bridgehead atoms. The zero-order chi connectivity index (χ0) is 16.5. The lowest BCUT2D eigenvalue weighted by molar-refractivity contribution is -0.0160. The van der Waals surface area contributed by atoms with E-state index in [0.717, 1.165) is 30.4 Å². The van der Waals surface area contributed by atoms with Crippen LogP contribution in [0.25, 0.3) is 0 Å². The molecule has 1 aromatic carbocycles. The second-order valence-corrected chi connectivity index (χ2v) is 5.66. The SMILES string of the molecule is CCCC(CC)NC(=O)OC(C)C(OC)c1ccccc1C. The van der Waals surface area contributed by atoms with Gasteiger partial charge in [0.05, 0.1) is 0 Å². The minimum Gasteiger partial charge on any atom is -0.443 e. The van der Waals surface area contributed by atoms with Gasteiger partial charge in [-0.25, -0.2) is 4.79 Å². The Morgan fingerprint density at radius 3 is 2.50 bits per heavy atom. The molecule has 1 rings (SSSR count). The first kappa shape index (κ1) is 18.5. The molecule has 0 aliphatic rings. The van der Waals surface area contributed by atoms with Crippen LogP contribution in [0.5, 0.6) is 0 Å². The first-order valence-electron chi connectivity index (χ1n) is 8.08. The summed E-state index contributed by atoms with van der Waals surface area (Å²) in [6.07, 6.45) is 1.92. The number of alkyl carbamates (subject to hydrolysis) is 1. The summed E-state index contributed by atoms with van der Waals surface area (Å²) >= 11 is 0. The third-order valence-electron chi connectivity index (χ3n) is 3.92. The molecule has 0 spiro atoms. The van der Waals surface area contributed by atoms with Crippen molar-refractivity contribution in [1.82, 2.24) is 5.32 Å². The Morgan fingerprint density at radius 1 is 1.27 bits per heavy atom. The highest BCUT2D eigenvalue weighted by molar-refractivity contribution is 5.67. The molecule has 0 aromatic heterocycles. The summed E-state index contributed by atoms with van der Waals surface area (Å²) in [5.74, 6) is 0. The van der Waals surface area contributed by atoms with E-state index in [1.807, 2.05) is 38.1 Å². The van der Waals surface area contributed by atoms with E-state index in [1.165, 1.54) is 0 Å². The Balaban J connectivity index is 2.67. The van der Waals surface area contributed by atoms with Crippen LogP contribution in [0.2, 0.25) is 0 Å². The highest BCUT2D eigenvalue weighted by Crippen LogP contribution is 2.25. The van der Waals surface area contributed by atoms with Crippen LogP contribution in [0.3, 0.4) is 0 Å². The normalized spacial score (nSPS) is 15.0. The molecule has 0 saturated heterocycles. The smallest absolute Gasteiger partial charge is 0.407 e. The van der Waals surface area contributed by atoms with E-state index >= 15 is 0 Å². The molecular formula is C18H29NO3. The van der Waals surface area contributed by atoms with Gasteiger partial charge in [0.2, 0.25) is 0 Å². The van der Waals surface area contributed by atoms with E-state index in [1.54, 1.807) is 7.11 Å². The zero-order valence-electron chi connectivity index (χ0n) is 14.4. The molecule has 3 unspecified atom stereocenters. The average Bonchev–Trinajstić information content (AvgIpc) is 2.49. The van der Waals surface area contributed by atoms with Gasteiger partial charge in [0.15, 0.2) is 0 Å². The number of carbonyl (C=O) groups is 1. The summed E-state index contributed by atoms with van der Waals surface area (Å²) in [6.45, 7) is 8.07. The summed E-state index contributed by atoms with van der Waals surface area (Å²) in [7, 11) is 1.64. The maximum absolute atomic E-state index is 12.0. The van der Waals surface area contributed by atoms with Crippen molar-refractivity contribution in [3.8, 4) is 0 Å². The molecule has 0 fully saturated rings. The molecular weight excluding hydrogens is 278 g/mol. The van der Waals surface area contributed by atoms with Crippen LogP contribution in [0.4, 0.5) is 4.79 Å². The fourth-order valence-electron chi connectivity index (χ4n) is 2.64. The van der Waals surface area contributed by atoms with Crippen molar-refractivity contribution in [2.75, 3.05) is 7.11 Å². The number of methoxy groups -OCH3 is 1. The van der Waals surface area contributed by atoms with Gasteiger partial charge in [0.25, 0.3) is 0 Å². The number of nitrogens with one attached hydrogen (secondary N) is 1. The van der Waals surface area contributed by atoms with Crippen molar-refractivity contribution in [3.63, 3.8) is 0 Å². The summed E-state index contributed by atoms with van der Waals surface area (Å²) in [6, 6.07) is 8.16. The number of hydrogen-bond donors (Lipinski definition) is 1. The maximum atomic E-state index is 12.0. The predicted molar refractivity (Wildman–Crippen MR) is 89.0 cm³/mol. The topological polar surface area (TPSA) is 47.6 Å². The number of rotatable bonds is 8. The summed E-state index contributed by atoms with van der Waals surface area (Å²) in [4.78, 5) is 12.0. The average molecular weight is 307 g/mol. The predicted octanol–water partition coefficient (Wildman–Crippen LogP) is 4.38. The van der Waals surface area contributed by atoms with Gasteiger partial charge < -0.3 is 14.8 Å². The third kappa shape index (κ3) is 5.34. The van der Waals surface area contributed by atoms with Gasteiger partial charge in [-0.15, -0.1) is 0 Å². The fourth-order valence-corrected chi connectivity index (χ4v) is 2.64. The molecule has 22 heavy (non-hydrogen) atoms. The second-order valence-electron chi connectivity index (χ2n) is 5.66. The Kier molecular flexibility index (Phi) is 7.96. The Labute approximate surface area is 134 Å². The molecule has 0 aliphatic carbocycles. The van der Waals surface area contributed by atoms with Crippen molar-refractivity contribution in [2.24, 2.45) is 0 Å². The van der Waals surface area contributed by atoms with Gasteiger partial charge in [0, 0.05) is 13.2 Å². The quantitative estimate of drug-likeness (QED) is 0.775. The fraction of sp³-hybridized carbons (Fsp3) is 0.611. The minimum atomic E-state index is -0.372. The van der Waals surface area contributed by atoms with Crippen LogP contribution in [0.1, 0.15) is 57.3 Å². The molecule has 3 atom stereocenters. The first-order chi connectivity index (χ1) is 10.5. The van der Waals surface area contributed by atoms with Crippen molar-refractivity contribution in [1.29, 1.82) is 0 Å². The van der Waals surface area contributed by atoms with Crippen molar-refractivity contribution in [3.05, 3.63) is 35.4 Å². The van der Waals surface area contributed by atoms with E-state index in [9.17, 15) is 4.79 Å². The molecule has 1 amide bonds. The van der Waals surface area contributed by atoms with Gasteiger partial charge in [-0.1, -0.05) is 44.5 Å². The second kappa shape index (κ2) is 9.46. The van der Waals surface area contributed by atoms with Crippen molar-refractivity contribution >= 4 is 6.09 Å². The molecule has 4 nitrogen and oxygen atoms in total. The number of aryl methyl sites for hydroxylation is 1.